The number of anilines is 3. The van der Waals surface area contributed by atoms with Crippen LogP contribution in [0.5, 0.6) is 0 Å². The van der Waals surface area contributed by atoms with Crippen LogP contribution in [0.2, 0.25) is 0 Å². The number of para-hydroxylation sites is 1. The van der Waals surface area contributed by atoms with Crippen LogP contribution in [0, 0.1) is 0 Å². The van der Waals surface area contributed by atoms with E-state index in [1.54, 1.807) is 0 Å². The molecule has 0 saturated carbocycles. The molecule has 7 aromatic rings. The molecule has 0 radical (unpaired) electrons. The standard InChI is InChI=1S/C50H49NO/c1-47(2,3)30-27-35-44-37(50(9,10)46(35)39(28-30)48(4,5)6)20-15-21-40(44)51(41-22-16-24-43-45(41)34-18-12-14-23-42(34)52-43)31-25-26-33-32-17-11-13-19-36(32)49(7,8)38(33)29-31/h11-29H,1-10H3. The van der Waals surface area contributed by atoms with Gasteiger partial charge in [-0.05, 0) is 97.3 Å². The van der Waals surface area contributed by atoms with E-state index in [0.29, 0.717) is 0 Å². The zero-order valence-electron chi connectivity index (χ0n) is 32.3. The van der Waals surface area contributed by atoms with Crippen LogP contribution in [-0.2, 0) is 21.7 Å². The number of furan rings is 1. The lowest BCUT2D eigenvalue weighted by Crippen LogP contribution is -2.24. The van der Waals surface area contributed by atoms with Crippen LogP contribution >= 0.6 is 0 Å². The minimum Gasteiger partial charge on any atom is -0.456 e. The van der Waals surface area contributed by atoms with Gasteiger partial charge in [-0.1, -0.05) is 148 Å². The van der Waals surface area contributed by atoms with Gasteiger partial charge in [0.1, 0.15) is 11.2 Å². The first-order valence-corrected chi connectivity index (χ1v) is 18.9. The van der Waals surface area contributed by atoms with Crippen molar-refractivity contribution in [1.29, 1.82) is 0 Å². The average Bonchev–Trinajstić information content (AvgIpc) is 3.68. The molecule has 1 aromatic heterocycles. The van der Waals surface area contributed by atoms with E-state index in [1.807, 2.05) is 0 Å². The van der Waals surface area contributed by atoms with Crippen LogP contribution in [0.15, 0.2) is 120 Å². The molecule has 0 unspecified atom stereocenters. The molecule has 0 amide bonds. The zero-order chi connectivity index (χ0) is 36.5. The molecule has 2 nitrogen and oxygen atoms in total. The van der Waals surface area contributed by atoms with Gasteiger partial charge < -0.3 is 9.32 Å². The fraction of sp³-hybridized carbons (Fsp3) is 0.280. The van der Waals surface area contributed by atoms with Gasteiger partial charge in [0.2, 0.25) is 0 Å². The van der Waals surface area contributed by atoms with Crippen LogP contribution in [-0.4, -0.2) is 0 Å². The van der Waals surface area contributed by atoms with Gasteiger partial charge in [0.05, 0.1) is 16.8 Å². The summed E-state index contributed by atoms with van der Waals surface area (Å²) in [7, 11) is 0. The predicted molar refractivity (Wildman–Crippen MR) is 221 cm³/mol. The van der Waals surface area contributed by atoms with E-state index in [4.69, 9.17) is 4.42 Å². The Kier molecular flexibility index (Phi) is 6.77. The van der Waals surface area contributed by atoms with Crippen molar-refractivity contribution in [3.63, 3.8) is 0 Å². The molecule has 0 atom stereocenters. The van der Waals surface area contributed by atoms with Gasteiger partial charge in [0.25, 0.3) is 0 Å². The summed E-state index contributed by atoms with van der Waals surface area (Å²) in [5.41, 5.74) is 18.7. The number of hydrogen-bond acceptors (Lipinski definition) is 2. The van der Waals surface area contributed by atoms with E-state index in [-0.39, 0.29) is 21.7 Å². The molecule has 0 bridgehead atoms. The molecule has 52 heavy (non-hydrogen) atoms. The first kappa shape index (κ1) is 32.8. The minimum absolute atomic E-state index is 0.00156. The highest BCUT2D eigenvalue weighted by Gasteiger charge is 2.43. The molecule has 9 rings (SSSR count). The molecule has 2 heteroatoms. The molecule has 2 aliphatic carbocycles. The van der Waals surface area contributed by atoms with E-state index in [9.17, 15) is 0 Å². The lowest BCUT2D eigenvalue weighted by atomic mass is 9.71. The van der Waals surface area contributed by atoms with Crippen molar-refractivity contribution in [2.75, 3.05) is 4.90 Å². The second kappa shape index (κ2) is 10.7. The number of fused-ring (bicyclic) bond motifs is 9. The summed E-state index contributed by atoms with van der Waals surface area (Å²) in [4.78, 5) is 2.54. The lowest BCUT2D eigenvalue weighted by molar-refractivity contribution is 0.545. The first-order valence-electron chi connectivity index (χ1n) is 18.9. The van der Waals surface area contributed by atoms with Crippen molar-refractivity contribution in [2.24, 2.45) is 0 Å². The maximum atomic E-state index is 6.53. The summed E-state index contributed by atoms with van der Waals surface area (Å²) in [5.74, 6) is 0. The molecule has 0 spiro atoms. The van der Waals surface area contributed by atoms with Crippen LogP contribution in [0.1, 0.15) is 103 Å². The van der Waals surface area contributed by atoms with Crippen molar-refractivity contribution in [3.05, 3.63) is 149 Å². The Morgan fingerprint density at radius 2 is 1.17 bits per heavy atom. The van der Waals surface area contributed by atoms with Gasteiger partial charge in [-0.3, -0.25) is 0 Å². The Morgan fingerprint density at radius 1 is 0.519 bits per heavy atom. The highest BCUT2D eigenvalue weighted by molar-refractivity contribution is 6.14. The van der Waals surface area contributed by atoms with Crippen LogP contribution in [0.25, 0.3) is 44.2 Å². The largest absolute Gasteiger partial charge is 0.456 e. The minimum atomic E-state index is -0.179. The van der Waals surface area contributed by atoms with E-state index >= 15 is 0 Å². The molecule has 0 saturated heterocycles. The second-order valence-electron chi connectivity index (χ2n) is 18.3. The molecular weight excluding hydrogens is 631 g/mol. The van der Waals surface area contributed by atoms with Crippen molar-refractivity contribution >= 4 is 39.0 Å². The Labute approximate surface area is 309 Å². The quantitative estimate of drug-likeness (QED) is 0.185. The van der Waals surface area contributed by atoms with E-state index in [2.05, 4.69) is 189 Å². The third-order valence-corrected chi connectivity index (χ3v) is 12.1. The van der Waals surface area contributed by atoms with Gasteiger partial charge in [0.15, 0.2) is 0 Å². The summed E-state index contributed by atoms with van der Waals surface area (Å²) in [5, 5.41) is 2.26. The fourth-order valence-electron chi connectivity index (χ4n) is 9.38. The first-order chi connectivity index (χ1) is 24.6. The number of rotatable bonds is 3. The lowest BCUT2D eigenvalue weighted by Gasteiger charge is -2.32. The zero-order valence-corrected chi connectivity index (χ0v) is 32.3. The van der Waals surface area contributed by atoms with Crippen LogP contribution in [0.4, 0.5) is 17.1 Å². The van der Waals surface area contributed by atoms with Crippen molar-refractivity contribution in [1.82, 2.24) is 0 Å². The van der Waals surface area contributed by atoms with Gasteiger partial charge in [-0.15, -0.1) is 0 Å². The Bertz CT molecular complexity index is 2600. The highest BCUT2D eigenvalue weighted by Crippen LogP contribution is 2.59. The molecule has 260 valence electrons. The summed E-state index contributed by atoms with van der Waals surface area (Å²) < 4.78 is 6.53. The van der Waals surface area contributed by atoms with Crippen molar-refractivity contribution in [3.8, 4) is 22.3 Å². The van der Waals surface area contributed by atoms with E-state index in [1.165, 1.54) is 61.3 Å². The molecule has 0 aliphatic heterocycles. The monoisotopic (exact) mass is 679 g/mol. The van der Waals surface area contributed by atoms with Crippen molar-refractivity contribution < 1.29 is 4.42 Å². The van der Waals surface area contributed by atoms with Crippen LogP contribution in [0.3, 0.4) is 0 Å². The second-order valence-corrected chi connectivity index (χ2v) is 18.3. The Balaban J connectivity index is 1.39. The molecule has 1 heterocycles. The third-order valence-electron chi connectivity index (χ3n) is 12.1. The molecular formula is C50H49NO. The summed E-state index contributed by atoms with van der Waals surface area (Å²) in [6.45, 7) is 23.7. The maximum Gasteiger partial charge on any atom is 0.137 e. The molecule has 0 fully saturated rings. The summed E-state index contributed by atoms with van der Waals surface area (Å²) >= 11 is 0. The normalized spacial score (nSPS) is 15.4. The maximum absolute atomic E-state index is 6.53. The summed E-state index contributed by atoms with van der Waals surface area (Å²) in [6.07, 6.45) is 0. The predicted octanol–water partition coefficient (Wildman–Crippen LogP) is 14.3. The average molecular weight is 680 g/mol. The van der Waals surface area contributed by atoms with E-state index < -0.39 is 0 Å². The fourth-order valence-corrected chi connectivity index (χ4v) is 9.38. The number of nitrogens with zero attached hydrogens (tertiary/aromatic N) is 1. The molecule has 0 N–H and O–H groups in total. The van der Waals surface area contributed by atoms with Crippen molar-refractivity contribution in [2.45, 2.75) is 90.9 Å². The Hall–Kier alpha value is -5.08. The third kappa shape index (κ3) is 4.56. The SMILES string of the molecule is CC(C)(C)c1cc2c(c(C(C)(C)C)c1)C(C)(C)c1cccc(N(c3ccc4c(c3)C(C)(C)c3ccccc3-4)c3cccc4oc5ccccc5c34)c1-2. The highest BCUT2D eigenvalue weighted by atomic mass is 16.3. The van der Waals surface area contributed by atoms with Gasteiger partial charge in [0, 0.05) is 27.5 Å². The van der Waals surface area contributed by atoms with Crippen LogP contribution < -0.4 is 4.90 Å². The smallest absolute Gasteiger partial charge is 0.137 e. The Morgan fingerprint density at radius 3 is 1.94 bits per heavy atom. The molecule has 2 aliphatic rings. The summed E-state index contributed by atoms with van der Waals surface area (Å²) in [6, 6.07) is 43.1. The number of hydrogen-bond donors (Lipinski definition) is 0. The van der Waals surface area contributed by atoms with Gasteiger partial charge in [-0.25, -0.2) is 0 Å². The van der Waals surface area contributed by atoms with E-state index in [0.717, 1.165) is 33.3 Å². The van der Waals surface area contributed by atoms with Gasteiger partial charge in [-0.2, -0.15) is 0 Å². The topological polar surface area (TPSA) is 16.4 Å². The number of benzene rings is 6. The van der Waals surface area contributed by atoms with Gasteiger partial charge >= 0.3 is 0 Å². The molecule has 6 aromatic carbocycles.